The minimum Gasteiger partial charge on any atom is -0.337 e. The Labute approximate surface area is 121 Å². The molecule has 5 rings (SSSR count). The first-order valence-electron chi connectivity index (χ1n) is 7.95. The molecule has 2 saturated heterocycles. The van der Waals surface area contributed by atoms with Crippen molar-refractivity contribution >= 4 is 5.95 Å². The molecular formula is C17H23N3. The normalized spacial score (nSPS) is 30.2. The largest absolute Gasteiger partial charge is 0.337 e. The van der Waals surface area contributed by atoms with E-state index in [9.17, 15) is 0 Å². The summed E-state index contributed by atoms with van der Waals surface area (Å²) in [6.45, 7) is 7.17. The summed E-state index contributed by atoms with van der Waals surface area (Å²) in [6, 6.07) is 0.693. The van der Waals surface area contributed by atoms with Crippen molar-refractivity contribution in [3.63, 3.8) is 0 Å². The molecule has 3 fully saturated rings. The van der Waals surface area contributed by atoms with Gasteiger partial charge in [-0.3, -0.25) is 0 Å². The van der Waals surface area contributed by atoms with Gasteiger partial charge in [-0.05, 0) is 62.8 Å². The van der Waals surface area contributed by atoms with Crippen LogP contribution >= 0.6 is 0 Å². The minimum atomic E-state index is 0.537. The summed E-state index contributed by atoms with van der Waals surface area (Å²) in [4.78, 5) is 12.2. The van der Waals surface area contributed by atoms with Crippen LogP contribution in [0.2, 0.25) is 0 Å². The summed E-state index contributed by atoms with van der Waals surface area (Å²) >= 11 is 0. The van der Waals surface area contributed by atoms with Gasteiger partial charge in [-0.25, -0.2) is 9.97 Å². The number of aryl methyl sites for hydroxylation is 2. The Kier molecular flexibility index (Phi) is 2.66. The SMILES string of the molecule is C=CCCC12CC(C1)N(c1nc(C)c3c(n1)CCC3)C2. The highest BCUT2D eigenvalue weighted by Crippen LogP contribution is 2.55. The van der Waals surface area contributed by atoms with Gasteiger partial charge in [0.05, 0.1) is 0 Å². The van der Waals surface area contributed by atoms with Crippen LogP contribution in [0.25, 0.3) is 0 Å². The van der Waals surface area contributed by atoms with E-state index in [-0.39, 0.29) is 0 Å². The molecule has 2 bridgehead atoms. The van der Waals surface area contributed by atoms with Crippen molar-refractivity contribution in [2.45, 2.75) is 57.9 Å². The average molecular weight is 269 g/mol. The lowest BCUT2D eigenvalue weighted by molar-refractivity contribution is 0.184. The van der Waals surface area contributed by atoms with E-state index in [1.165, 1.54) is 49.1 Å². The van der Waals surface area contributed by atoms with Gasteiger partial charge in [0.1, 0.15) is 0 Å². The van der Waals surface area contributed by atoms with Gasteiger partial charge < -0.3 is 4.90 Å². The fourth-order valence-electron chi connectivity index (χ4n) is 4.44. The third-order valence-corrected chi connectivity index (χ3v) is 5.55. The fourth-order valence-corrected chi connectivity index (χ4v) is 4.44. The molecule has 4 aliphatic rings. The molecule has 20 heavy (non-hydrogen) atoms. The van der Waals surface area contributed by atoms with Gasteiger partial charge in [-0.1, -0.05) is 6.08 Å². The summed E-state index contributed by atoms with van der Waals surface area (Å²) < 4.78 is 0. The van der Waals surface area contributed by atoms with Crippen LogP contribution in [0.5, 0.6) is 0 Å². The topological polar surface area (TPSA) is 29.0 Å². The van der Waals surface area contributed by atoms with Crippen molar-refractivity contribution in [2.75, 3.05) is 11.4 Å². The standard InChI is InChI=1S/C17H23N3/c1-3-4-8-17-9-13(10-17)20(11-17)16-18-12(2)14-6-5-7-15(14)19-16/h3,13H,1,4-11H2,2H3. The molecule has 0 radical (unpaired) electrons. The quantitative estimate of drug-likeness (QED) is 0.786. The predicted molar refractivity (Wildman–Crippen MR) is 81.0 cm³/mol. The van der Waals surface area contributed by atoms with E-state index in [1.54, 1.807) is 0 Å². The molecule has 0 atom stereocenters. The Bertz CT molecular complexity index is 558. The van der Waals surface area contributed by atoms with E-state index in [4.69, 9.17) is 9.97 Å². The number of fused-ring (bicyclic) bond motifs is 2. The van der Waals surface area contributed by atoms with Crippen LogP contribution in [0, 0.1) is 12.3 Å². The second kappa shape index (κ2) is 4.31. The maximum Gasteiger partial charge on any atom is 0.226 e. The molecule has 106 valence electrons. The molecule has 1 saturated carbocycles. The zero-order valence-electron chi connectivity index (χ0n) is 12.4. The van der Waals surface area contributed by atoms with Gasteiger partial charge >= 0.3 is 0 Å². The van der Waals surface area contributed by atoms with Crippen molar-refractivity contribution in [1.82, 2.24) is 9.97 Å². The number of aromatic nitrogens is 2. The smallest absolute Gasteiger partial charge is 0.226 e. The minimum absolute atomic E-state index is 0.537. The summed E-state index contributed by atoms with van der Waals surface area (Å²) in [7, 11) is 0. The summed E-state index contributed by atoms with van der Waals surface area (Å²) in [5, 5.41) is 0. The Balaban J connectivity index is 1.58. The number of rotatable bonds is 4. The fraction of sp³-hybridized carbons (Fsp3) is 0.647. The number of hydrogen-bond donors (Lipinski definition) is 0. The third-order valence-electron chi connectivity index (χ3n) is 5.55. The van der Waals surface area contributed by atoms with Crippen LogP contribution < -0.4 is 4.90 Å². The lowest BCUT2D eigenvalue weighted by Gasteiger charge is -2.36. The van der Waals surface area contributed by atoms with Crippen LogP contribution in [0.3, 0.4) is 0 Å². The highest BCUT2D eigenvalue weighted by molar-refractivity contribution is 5.44. The third kappa shape index (κ3) is 1.72. The van der Waals surface area contributed by atoms with Crippen molar-refractivity contribution in [2.24, 2.45) is 5.41 Å². The maximum absolute atomic E-state index is 4.88. The van der Waals surface area contributed by atoms with E-state index in [0.717, 1.165) is 25.3 Å². The first-order chi connectivity index (χ1) is 9.71. The zero-order valence-corrected chi connectivity index (χ0v) is 12.4. The van der Waals surface area contributed by atoms with E-state index in [0.29, 0.717) is 11.5 Å². The number of anilines is 1. The Morgan fingerprint density at radius 3 is 3.00 bits per heavy atom. The molecule has 0 unspecified atom stereocenters. The molecule has 0 amide bonds. The molecule has 0 aromatic carbocycles. The van der Waals surface area contributed by atoms with Gasteiger partial charge in [-0.15, -0.1) is 6.58 Å². The Morgan fingerprint density at radius 1 is 1.35 bits per heavy atom. The molecular weight excluding hydrogens is 246 g/mol. The summed E-state index contributed by atoms with van der Waals surface area (Å²) in [5.41, 5.74) is 4.49. The molecule has 0 spiro atoms. The summed E-state index contributed by atoms with van der Waals surface area (Å²) in [6.07, 6.45) is 10.7. The van der Waals surface area contributed by atoms with Gasteiger partial charge in [0.2, 0.25) is 5.95 Å². The molecule has 2 aliphatic carbocycles. The molecule has 1 aromatic heterocycles. The molecule has 1 aromatic rings. The second-order valence-electron chi connectivity index (χ2n) is 6.91. The van der Waals surface area contributed by atoms with Gasteiger partial charge in [-0.2, -0.15) is 0 Å². The van der Waals surface area contributed by atoms with Gasteiger partial charge in [0.15, 0.2) is 0 Å². The Hall–Kier alpha value is -1.38. The first kappa shape index (κ1) is 12.4. The van der Waals surface area contributed by atoms with Crippen LogP contribution in [0.1, 0.15) is 49.1 Å². The highest BCUT2D eigenvalue weighted by atomic mass is 15.3. The second-order valence-corrected chi connectivity index (χ2v) is 6.91. The monoisotopic (exact) mass is 269 g/mol. The van der Waals surface area contributed by atoms with Crippen molar-refractivity contribution in [1.29, 1.82) is 0 Å². The van der Waals surface area contributed by atoms with Crippen LogP contribution in [-0.4, -0.2) is 22.6 Å². The number of nitrogens with zero attached hydrogens (tertiary/aromatic N) is 3. The van der Waals surface area contributed by atoms with Crippen LogP contribution in [0.15, 0.2) is 12.7 Å². The Morgan fingerprint density at radius 2 is 2.20 bits per heavy atom. The van der Waals surface area contributed by atoms with Crippen molar-refractivity contribution in [3.05, 3.63) is 29.6 Å². The van der Waals surface area contributed by atoms with E-state index < -0.39 is 0 Å². The predicted octanol–water partition coefficient (Wildman–Crippen LogP) is 3.21. The van der Waals surface area contributed by atoms with E-state index in [1.807, 2.05) is 0 Å². The molecule has 3 heteroatoms. The zero-order chi connectivity index (χ0) is 13.7. The van der Waals surface area contributed by atoms with Crippen molar-refractivity contribution in [3.8, 4) is 0 Å². The lowest BCUT2D eigenvalue weighted by atomic mass is 9.67. The number of allylic oxidation sites excluding steroid dienone is 1. The van der Waals surface area contributed by atoms with Gasteiger partial charge in [0, 0.05) is 24.0 Å². The van der Waals surface area contributed by atoms with Gasteiger partial charge in [0.25, 0.3) is 0 Å². The van der Waals surface area contributed by atoms with Crippen molar-refractivity contribution < 1.29 is 0 Å². The number of hydrogen-bond acceptors (Lipinski definition) is 3. The molecule has 0 N–H and O–H groups in total. The van der Waals surface area contributed by atoms with E-state index in [2.05, 4.69) is 24.5 Å². The first-order valence-corrected chi connectivity index (χ1v) is 7.95. The molecule has 2 aliphatic heterocycles. The van der Waals surface area contributed by atoms with E-state index >= 15 is 0 Å². The molecule has 3 nitrogen and oxygen atoms in total. The summed E-state index contributed by atoms with van der Waals surface area (Å²) in [5.74, 6) is 1.01. The lowest BCUT2D eigenvalue weighted by Crippen LogP contribution is -2.35. The highest BCUT2D eigenvalue weighted by Gasteiger charge is 2.55. The average Bonchev–Trinajstić information content (AvgIpc) is 3.07. The molecule has 3 heterocycles. The maximum atomic E-state index is 4.88. The van der Waals surface area contributed by atoms with Crippen LogP contribution in [-0.2, 0) is 12.8 Å². The van der Waals surface area contributed by atoms with Crippen LogP contribution in [0.4, 0.5) is 5.95 Å².